The zero-order valence-electron chi connectivity index (χ0n) is 13.2. The van der Waals surface area contributed by atoms with Crippen LogP contribution < -0.4 is 4.90 Å². The van der Waals surface area contributed by atoms with Gasteiger partial charge in [-0.1, -0.05) is 18.2 Å². The molecule has 0 spiro atoms. The highest BCUT2D eigenvalue weighted by Gasteiger charge is 2.34. The minimum atomic E-state index is -1.39. The molecule has 120 valence electrons. The fourth-order valence-corrected chi connectivity index (χ4v) is 2.57. The first-order valence-electron chi connectivity index (χ1n) is 7.49. The summed E-state index contributed by atoms with van der Waals surface area (Å²) < 4.78 is 4.86. The largest absolute Gasteiger partial charge is 0.464 e. The van der Waals surface area contributed by atoms with Crippen molar-refractivity contribution in [3.05, 3.63) is 29.8 Å². The minimum absolute atomic E-state index is 0.111. The van der Waals surface area contributed by atoms with Crippen LogP contribution in [0.5, 0.6) is 0 Å². The number of aliphatic hydroxyl groups is 1. The van der Waals surface area contributed by atoms with E-state index < -0.39 is 12.1 Å². The normalized spacial score (nSPS) is 16.3. The van der Waals surface area contributed by atoms with E-state index in [9.17, 15) is 14.7 Å². The minimum Gasteiger partial charge on any atom is -0.464 e. The third-order valence-corrected chi connectivity index (χ3v) is 3.70. The van der Waals surface area contributed by atoms with Crippen LogP contribution >= 0.6 is 0 Å². The van der Waals surface area contributed by atoms with Crippen LogP contribution in [-0.2, 0) is 9.53 Å². The molecular weight excluding hydrogens is 284 g/mol. The van der Waals surface area contributed by atoms with E-state index in [0.717, 1.165) is 0 Å². The highest BCUT2D eigenvalue weighted by Crippen LogP contribution is 2.30. The number of carbonyl (C=O) groups excluding carboxylic acids is 2. The van der Waals surface area contributed by atoms with Crippen LogP contribution in [0.3, 0.4) is 0 Å². The number of hydrogen-bond donors (Lipinski definition) is 1. The summed E-state index contributed by atoms with van der Waals surface area (Å²) in [4.78, 5) is 27.6. The van der Waals surface area contributed by atoms with Crippen molar-refractivity contribution in [2.75, 3.05) is 24.6 Å². The number of aliphatic hydroxyl groups excluding tert-OH is 1. The molecule has 1 atom stereocenters. The van der Waals surface area contributed by atoms with Gasteiger partial charge < -0.3 is 14.7 Å². The van der Waals surface area contributed by atoms with E-state index >= 15 is 0 Å². The second kappa shape index (κ2) is 6.79. The Morgan fingerprint density at radius 3 is 2.59 bits per heavy atom. The Labute approximate surface area is 130 Å². The van der Waals surface area contributed by atoms with Gasteiger partial charge in [0, 0.05) is 24.7 Å². The van der Waals surface area contributed by atoms with Crippen LogP contribution in [0.25, 0.3) is 0 Å². The summed E-state index contributed by atoms with van der Waals surface area (Å²) in [5, 5.41) is 10.2. The van der Waals surface area contributed by atoms with Gasteiger partial charge in [-0.05, 0) is 26.8 Å². The zero-order valence-corrected chi connectivity index (χ0v) is 13.2. The van der Waals surface area contributed by atoms with E-state index in [1.54, 1.807) is 41.0 Å². The molecule has 1 N–H and O–H groups in total. The third-order valence-electron chi connectivity index (χ3n) is 3.70. The lowest BCUT2D eigenvalue weighted by Crippen LogP contribution is -2.36. The molecule has 1 saturated heterocycles. The molecule has 0 aliphatic carbocycles. The van der Waals surface area contributed by atoms with Gasteiger partial charge >= 0.3 is 12.0 Å². The molecular formula is C16H22N2O4. The summed E-state index contributed by atoms with van der Waals surface area (Å²) >= 11 is 0. The van der Waals surface area contributed by atoms with Gasteiger partial charge in [-0.15, -0.1) is 0 Å². The van der Waals surface area contributed by atoms with Crippen LogP contribution in [0.4, 0.5) is 10.5 Å². The number of urea groups is 1. The predicted octanol–water partition coefficient (Wildman–Crippen LogP) is 1.93. The van der Waals surface area contributed by atoms with Crippen LogP contribution in [0.2, 0.25) is 0 Å². The van der Waals surface area contributed by atoms with Crippen LogP contribution in [0.1, 0.15) is 32.4 Å². The highest BCUT2D eigenvalue weighted by atomic mass is 16.5. The van der Waals surface area contributed by atoms with Crippen LogP contribution in [0, 0.1) is 0 Å². The van der Waals surface area contributed by atoms with Crippen molar-refractivity contribution in [3.8, 4) is 0 Å². The lowest BCUT2D eigenvalue weighted by molar-refractivity contribution is -0.153. The van der Waals surface area contributed by atoms with Crippen molar-refractivity contribution in [1.29, 1.82) is 0 Å². The average Bonchev–Trinajstić information content (AvgIpc) is 2.88. The molecule has 0 bridgehead atoms. The Morgan fingerprint density at radius 2 is 2.00 bits per heavy atom. The standard InChI is InChI=1S/C16H22N2O4/c1-4-22-15(20)14(19)12-7-5-6-8-13(12)18-10-9-17(11(2)3)16(18)21/h5-8,11,14,19H,4,9-10H2,1-3H3. The van der Waals surface area contributed by atoms with E-state index in [1.807, 2.05) is 13.8 Å². The van der Waals surface area contributed by atoms with E-state index in [1.165, 1.54) is 0 Å². The second-order valence-corrected chi connectivity index (χ2v) is 5.43. The van der Waals surface area contributed by atoms with Crippen LogP contribution in [-0.4, -0.2) is 47.7 Å². The quantitative estimate of drug-likeness (QED) is 0.844. The Morgan fingerprint density at radius 1 is 1.32 bits per heavy atom. The molecule has 1 aliphatic heterocycles. The molecule has 2 rings (SSSR count). The first-order valence-corrected chi connectivity index (χ1v) is 7.49. The van der Waals surface area contributed by atoms with Gasteiger partial charge in [-0.25, -0.2) is 9.59 Å². The summed E-state index contributed by atoms with van der Waals surface area (Å²) in [7, 11) is 0. The molecule has 0 radical (unpaired) electrons. The van der Waals surface area contributed by atoms with Crippen molar-refractivity contribution in [1.82, 2.24) is 4.90 Å². The number of rotatable bonds is 5. The summed E-state index contributed by atoms with van der Waals surface area (Å²) in [6.45, 7) is 6.95. The van der Waals surface area contributed by atoms with E-state index in [-0.39, 0.29) is 18.7 Å². The van der Waals surface area contributed by atoms with Gasteiger partial charge in [-0.2, -0.15) is 0 Å². The molecule has 2 amide bonds. The molecule has 0 aromatic heterocycles. The third kappa shape index (κ3) is 3.06. The Kier molecular flexibility index (Phi) is 5.03. The number of amides is 2. The van der Waals surface area contributed by atoms with Crippen molar-refractivity contribution in [2.24, 2.45) is 0 Å². The van der Waals surface area contributed by atoms with Gasteiger partial charge in [0.05, 0.1) is 12.3 Å². The number of para-hydroxylation sites is 1. The van der Waals surface area contributed by atoms with Crippen molar-refractivity contribution >= 4 is 17.7 Å². The summed E-state index contributed by atoms with van der Waals surface area (Å²) in [5.41, 5.74) is 0.941. The Hall–Kier alpha value is -2.08. The smallest absolute Gasteiger partial charge is 0.339 e. The summed E-state index contributed by atoms with van der Waals surface area (Å²) in [6, 6.07) is 6.88. The SMILES string of the molecule is CCOC(=O)C(O)c1ccccc1N1CCN(C(C)C)C1=O. The molecule has 1 aromatic carbocycles. The molecule has 6 nitrogen and oxygen atoms in total. The number of nitrogens with zero attached hydrogens (tertiary/aromatic N) is 2. The molecule has 1 aliphatic rings. The lowest BCUT2D eigenvalue weighted by Gasteiger charge is -2.24. The van der Waals surface area contributed by atoms with Gasteiger partial charge in [0.1, 0.15) is 0 Å². The summed E-state index contributed by atoms with van der Waals surface area (Å²) in [6.07, 6.45) is -1.39. The zero-order chi connectivity index (χ0) is 16.3. The summed E-state index contributed by atoms with van der Waals surface area (Å²) in [5.74, 6) is -0.706. The molecule has 1 aromatic rings. The Balaban J connectivity index is 2.30. The van der Waals surface area contributed by atoms with Gasteiger partial charge in [0.25, 0.3) is 0 Å². The molecule has 1 heterocycles. The number of carbonyl (C=O) groups is 2. The molecule has 1 fully saturated rings. The number of benzene rings is 1. The number of esters is 1. The lowest BCUT2D eigenvalue weighted by atomic mass is 10.1. The monoisotopic (exact) mass is 306 g/mol. The number of anilines is 1. The van der Waals surface area contributed by atoms with Crippen molar-refractivity contribution in [3.63, 3.8) is 0 Å². The first kappa shape index (κ1) is 16.3. The maximum Gasteiger partial charge on any atom is 0.339 e. The fourth-order valence-electron chi connectivity index (χ4n) is 2.57. The fraction of sp³-hybridized carbons (Fsp3) is 0.500. The molecule has 1 unspecified atom stereocenters. The number of hydrogen-bond acceptors (Lipinski definition) is 4. The van der Waals surface area contributed by atoms with Crippen molar-refractivity contribution in [2.45, 2.75) is 32.9 Å². The second-order valence-electron chi connectivity index (χ2n) is 5.43. The molecule has 6 heteroatoms. The molecule has 22 heavy (non-hydrogen) atoms. The van der Waals surface area contributed by atoms with Crippen molar-refractivity contribution < 1.29 is 19.4 Å². The average molecular weight is 306 g/mol. The topological polar surface area (TPSA) is 70.1 Å². The predicted molar refractivity (Wildman–Crippen MR) is 82.6 cm³/mol. The Bertz CT molecular complexity index is 559. The van der Waals surface area contributed by atoms with Gasteiger partial charge in [0.15, 0.2) is 6.10 Å². The van der Waals surface area contributed by atoms with E-state index in [0.29, 0.717) is 24.3 Å². The maximum absolute atomic E-state index is 12.5. The van der Waals surface area contributed by atoms with E-state index in [2.05, 4.69) is 0 Å². The molecule has 0 saturated carbocycles. The van der Waals surface area contributed by atoms with Gasteiger partial charge in [-0.3, -0.25) is 4.90 Å². The maximum atomic E-state index is 12.5. The highest BCUT2D eigenvalue weighted by molar-refractivity contribution is 5.96. The van der Waals surface area contributed by atoms with Crippen LogP contribution in [0.15, 0.2) is 24.3 Å². The van der Waals surface area contributed by atoms with Gasteiger partial charge in [0.2, 0.25) is 0 Å². The number of ether oxygens (including phenoxy) is 1. The first-order chi connectivity index (χ1) is 10.5. The van der Waals surface area contributed by atoms with E-state index in [4.69, 9.17) is 4.74 Å².